The second kappa shape index (κ2) is 11.6. The quantitative estimate of drug-likeness (QED) is 0.211. The van der Waals surface area contributed by atoms with Crippen LogP contribution in [0.2, 0.25) is 5.02 Å². The van der Waals surface area contributed by atoms with E-state index < -0.39 is 69.5 Å². The summed E-state index contributed by atoms with van der Waals surface area (Å²) in [6.45, 7) is 0. The van der Waals surface area contributed by atoms with Gasteiger partial charge in [0.15, 0.2) is 5.82 Å². The van der Waals surface area contributed by atoms with Gasteiger partial charge in [-0.15, -0.1) is 0 Å². The van der Waals surface area contributed by atoms with Gasteiger partial charge in [-0.3, -0.25) is 4.79 Å². The molecule has 0 unspecified atom stereocenters. The first-order chi connectivity index (χ1) is 19.9. The largest absolute Gasteiger partial charge is 0.416 e. The summed E-state index contributed by atoms with van der Waals surface area (Å²) in [6, 6.07) is 14.7. The second-order valence-electron chi connectivity index (χ2n) is 9.50. The molecule has 0 aliphatic heterocycles. The van der Waals surface area contributed by atoms with Crippen LogP contribution in [0, 0.1) is 5.82 Å². The van der Waals surface area contributed by atoms with E-state index in [1.54, 1.807) is 6.07 Å². The first-order valence-electron chi connectivity index (χ1n) is 12.2. The standard InChI is InChI=1S/C30H18ClF10NO/c31-24-15-22(30(39,40)41)14-23(25(24)32)26(43)42-27(16-17-6-2-1-3-7-17,18-8-4-10-20(12-18)28(33,34)35)19-9-5-11-21(13-19)29(36,37)38/h1-15H,16H2,(H,42,43). The lowest BCUT2D eigenvalue weighted by Crippen LogP contribution is -2.49. The monoisotopic (exact) mass is 633 g/mol. The summed E-state index contributed by atoms with van der Waals surface area (Å²) < 4.78 is 138. The zero-order chi connectivity index (χ0) is 31.8. The Hall–Kier alpha value is -4.06. The average molecular weight is 634 g/mol. The number of nitrogens with one attached hydrogen (secondary N) is 1. The molecule has 1 N–H and O–H groups in total. The van der Waals surface area contributed by atoms with Crippen molar-refractivity contribution >= 4 is 17.5 Å². The Morgan fingerprint density at radius 3 is 1.53 bits per heavy atom. The molecule has 0 aliphatic carbocycles. The van der Waals surface area contributed by atoms with Gasteiger partial charge in [0, 0.05) is 6.42 Å². The number of alkyl halides is 9. The Morgan fingerprint density at radius 1 is 0.605 bits per heavy atom. The van der Waals surface area contributed by atoms with E-state index in [1.165, 1.54) is 24.3 Å². The number of hydrogen-bond acceptors (Lipinski definition) is 1. The lowest BCUT2D eigenvalue weighted by molar-refractivity contribution is -0.138. The number of carbonyl (C=O) groups excluding carboxylic acids is 1. The van der Waals surface area contributed by atoms with Crippen LogP contribution in [-0.2, 0) is 30.5 Å². The summed E-state index contributed by atoms with van der Waals surface area (Å²) >= 11 is 5.64. The molecule has 0 spiro atoms. The van der Waals surface area contributed by atoms with Gasteiger partial charge in [-0.2, -0.15) is 39.5 Å². The third-order valence-corrected chi connectivity index (χ3v) is 6.88. The highest BCUT2D eigenvalue weighted by Gasteiger charge is 2.42. The highest BCUT2D eigenvalue weighted by molar-refractivity contribution is 6.31. The maximum atomic E-state index is 15.0. The van der Waals surface area contributed by atoms with Crippen molar-refractivity contribution in [2.45, 2.75) is 30.5 Å². The Bertz CT molecular complexity index is 1570. The van der Waals surface area contributed by atoms with Crippen molar-refractivity contribution in [1.82, 2.24) is 5.32 Å². The molecule has 0 aromatic heterocycles. The molecular formula is C30H18ClF10NO. The smallest absolute Gasteiger partial charge is 0.338 e. The van der Waals surface area contributed by atoms with E-state index in [0.717, 1.165) is 24.3 Å². The fourth-order valence-corrected chi connectivity index (χ4v) is 4.78. The minimum atomic E-state index is -5.07. The molecule has 13 heteroatoms. The van der Waals surface area contributed by atoms with E-state index in [0.29, 0.717) is 29.8 Å². The maximum Gasteiger partial charge on any atom is 0.416 e. The highest BCUT2D eigenvalue weighted by Crippen LogP contribution is 2.41. The van der Waals surface area contributed by atoms with Gasteiger partial charge in [-0.1, -0.05) is 66.2 Å². The summed E-state index contributed by atoms with van der Waals surface area (Å²) in [7, 11) is 0. The molecule has 2 nitrogen and oxygen atoms in total. The molecule has 4 aromatic carbocycles. The Morgan fingerprint density at radius 2 is 1.07 bits per heavy atom. The molecule has 0 bridgehead atoms. The van der Waals surface area contributed by atoms with E-state index in [2.05, 4.69) is 5.32 Å². The number of carbonyl (C=O) groups is 1. The Kier molecular flexibility index (Phi) is 8.56. The molecule has 4 aromatic rings. The maximum absolute atomic E-state index is 15.0. The summed E-state index contributed by atoms with van der Waals surface area (Å²) in [5.74, 6) is -3.15. The predicted octanol–water partition coefficient (Wildman–Crippen LogP) is 9.45. The summed E-state index contributed by atoms with van der Waals surface area (Å²) in [6.07, 6.45) is -15.4. The number of hydrogen-bond donors (Lipinski definition) is 1. The average Bonchev–Trinajstić information content (AvgIpc) is 2.93. The van der Waals surface area contributed by atoms with Gasteiger partial charge in [0.1, 0.15) is 0 Å². The zero-order valence-electron chi connectivity index (χ0n) is 21.4. The van der Waals surface area contributed by atoms with Gasteiger partial charge < -0.3 is 5.32 Å². The predicted molar refractivity (Wildman–Crippen MR) is 138 cm³/mol. The van der Waals surface area contributed by atoms with Gasteiger partial charge in [0.05, 0.1) is 32.8 Å². The van der Waals surface area contributed by atoms with Crippen LogP contribution in [0.15, 0.2) is 91.0 Å². The van der Waals surface area contributed by atoms with Crippen LogP contribution >= 0.6 is 11.6 Å². The van der Waals surface area contributed by atoms with Crippen LogP contribution in [0.3, 0.4) is 0 Å². The van der Waals surface area contributed by atoms with Gasteiger partial charge >= 0.3 is 18.5 Å². The number of benzene rings is 4. The summed E-state index contributed by atoms with van der Waals surface area (Å²) in [5.41, 5.74) is -7.93. The Labute approximate surface area is 242 Å². The van der Waals surface area contributed by atoms with Crippen LogP contribution in [0.5, 0.6) is 0 Å². The van der Waals surface area contributed by atoms with E-state index in [9.17, 15) is 44.3 Å². The second-order valence-corrected chi connectivity index (χ2v) is 9.90. The molecule has 0 saturated heterocycles. The van der Waals surface area contributed by atoms with Gasteiger partial charge in [0.2, 0.25) is 0 Å². The van der Waals surface area contributed by atoms with Crippen molar-refractivity contribution in [1.29, 1.82) is 0 Å². The topological polar surface area (TPSA) is 29.1 Å². The molecular weight excluding hydrogens is 616 g/mol. The van der Waals surface area contributed by atoms with Crippen LogP contribution in [0.25, 0.3) is 0 Å². The third kappa shape index (κ3) is 6.96. The van der Waals surface area contributed by atoms with Crippen molar-refractivity contribution in [2.24, 2.45) is 0 Å². The first-order valence-corrected chi connectivity index (χ1v) is 12.6. The minimum absolute atomic E-state index is 0.155. The van der Waals surface area contributed by atoms with Crippen LogP contribution in [-0.4, -0.2) is 5.91 Å². The van der Waals surface area contributed by atoms with E-state index in [4.69, 9.17) is 11.6 Å². The van der Waals surface area contributed by atoms with Crippen LogP contribution in [0.4, 0.5) is 43.9 Å². The summed E-state index contributed by atoms with van der Waals surface area (Å²) in [4.78, 5) is 13.6. The van der Waals surface area contributed by atoms with Gasteiger partial charge in [0.25, 0.3) is 5.91 Å². The van der Waals surface area contributed by atoms with Gasteiger partial charge in [-0.05, 0) is 53.1 Å². The van der Waals surface area contributed by atoms with Crippen LogP contribution in [0.1, 0.15) is 43.7 Å². The molecule has 0 heterocycles. The van der Waals surface area contributed by atoms with E-state index in [1.807, 2.05) is 0 Å². The zero-order valence-corrected chi connectivity index (χ0v) is 22.2. The van der Waals surface area contributed by atoms with E-state index in [-0.39, 0.29) is 23.3 Å². The fourth-order valence-electron chi connectivity index (χ4n) is 4.56. The lowest BCUT2D eigenvalue weighted by Gasteiger charge is -2.37. The molecule has 0 radical (unpaired) electrons. The Balaban J connectivity index is 2.04. The fraction of sp³-hybridized carbons (Fsp3) is 0.167. The first kappa shape index (κ1) is 31.9. The minimum Gasteiger partial charge on any atom is -0.338 e. The molecule has 0 atom stereocenters. The SMILES string of the molecule is O=C(NC(Cc1ccccc1)(c1cccc(C(F)(F)F)c1)c1cccc(C(F)(F)F)c1)c1cc(C(F)(F)F)cc(Cl)c1F. The number of halogens is 11. The number of amides is 1. The number of rotatable bonds is 6. The van der Waals surface area contributed by atoms with Crippen molar-refractivity contribution in [3.05, 3.63) is 141 Å². The lowest BCUT2D eigenvalue weighted by atomic mass is 9.76. The van der Waals surface area contributed by atoms with Crippen LogP contribution < -0.4 is 5.32 Å². The molecule has 0 fully saturated rings. The normalized spacial score (nSPS) is 12.7. The van der Waals surface area contributed by atoms with Crippen molar-refractivity contribution < 1.29 is 48.7 Å². The molecule has 1 amide bonds. The molecule has 0 aliphatic rings. The molecule has 226 valence electrons. The third-order valence-electron chi connectivity index (χ3n) is 6.60. The van der Waals surface area contributed by atoms with Gasteiger partial charge in [-0.25, -0.2) is 4.39 Å². The molecule has 4 rings (SSSR count). The van der Waals surface area contributed by atoms with Crippen molar-refractivity contribution in [2.75, 3.05) is 0 Å². The summed E-state index contributed by atoms with van der Waals surface area (Å²) in [5, 5.41) is 1.22. The van der Waals surface area contributed by atoms with E-state index >= 15 is 4.39 Å². The molecule has 43 heavy (non-hydrogen) atoms. The molecule has 0 saturated carbocycles. The van der Waals surface area contributed by atoms with Crippen molar-refractivity contribution in [3.8, 4) is 0 Å². The van der Waals surface area contributed by atoms with Crippen molar-refractivity contribution in [3.63, 3.8) is 0 Å². The highest BCUT2D eigenvalue weighted by atomic mass is 35.5.